The molecule has 3 aliphatic heterocycles. The Morgan fingerprint density at radius 3 is 2.54 bits per heavy atom. The van der Waals surface area contributed by atoms with Crippen LogP contribution in [0.3, 0.4) is 0 Å². The van der Waals surface area contributed by atoms with E-state index in [0.29, 0.717) is 37.1 Å². The molecule has 0 amide bonds. The van der Waals surface area contributed by atoms with Crippen molar-refractivity contribution in [3.05, 3.63) is 35.6 Å². The molecule has 0 unspecified atom stereocenters. The molecule has 3 fully saturated rings. The summed E-state index contributed by atoms with van der Waals surface area (Å²) in [4.78, 5) is 4.92. The second kappa shape index (κ2) is 7.67. The van der Waals surface area contributed by atoms with Gasteiger partial charge in [0.25, 0.3) is 0 Å². The zero-order chi connectivity index (χ0) is 15.8. The molecule has 0 aliphatic carbocycles. The molecule has 3 saturated heterocycles. The minimum Gasteiger partial charge on any atom is -0.377 e. The molecule has 3 heterocycles. The molecule has 24 heavy (non-hydrogen) atoms. The fourth-order valence-corrected chi connectivity index (χ4v) is 4.60. The van der Waals surface area contributed by atoms with E-state index in [2.05, 4.69) is 22.9 Å². The second-order valence-electron chi connectivity index (χ2n) is 7.12. The second-order valence-corrected chi connectivity index (χ2v) is 7.12. The van der Waals surface area contributed by atoms with E-state index >= 15 is 0 Å². The van der Waals surface area contributed by atoms with E-state index in [4.69, 9.17) is 9.47 Å². The van der Waals surface area contributed by atoms with Crippen LogP contribution >= 0.6 is 12.4 Å². The normalized spacial score (nSPS) is 32.3. The summed E-state index contributed by atoms with van der Waals surface area (Å²) in [7, 11) is 2.16. The molecule has 1 aromatic rings. The van der Waals surface area contributed by atoms with Crippen LogP contribution in [0.4, 0.5) is 4.39 Å². The highest BCUT2D eigenvalue weighted by Gasteiger charge is 2.47. The van der Waals surface area contributed by atoms with Gasteiger partial charge in [-0.25, -0.2) is 4.39 Å². The number of halogens is 2. The number of ether oxygens (including phenoxy) is 2. The first-order valence-electron chi connectivity index (χ1n) is 8.57. The molecular formula is C18H26ClFN2O2. The summed E-state index contributed by atoms with van der Waals surface area (Å²) in [6, 6.07) is 7.79. The number of rotatable bonds is 2. The van der Waals surface area contributed by atoms with Crippen LogP contribution in [0.5, 0.6) is 0 Å². The average Bonchev–Trinajstić information content (AvgIpc) is 2.92. The van der Waals surface area contributed by atoms with Gasteiger partial charge in [-0.15, -0.1) is 12.4 Å². The number of benzene rings is 1. The van der Waals surface area contributed by atoms with E-state index < -0.39 is 0 Å². The Morgan fingerprint density at radius 1 is 1.08 bits per heavy atom. The van der Waals surface area contributed by atoms with Crippen LogP contribution in [-0.4, -0.2) is 69.0 Å². The Labute approximate surface area is 149 Å². The topological polar surface area (TPSA) is 24.9 Å². The van der Waals surface area contributed by atoms with Crippen LogP contribution in [0.25, 0.3) is 0 Å². The molecule has 6 heteroatoms. The van der Waals surface area contributed by atoms with Gasteiger partial charge in [-0.3, -0.25) is 9.80 Å². The van der Waals surface area contributed by atoms with Crippen molar-refractivity contribution in [2.75, 3.05) is 53.1 Å². The molecule has 0 spiro atoms. The Morgan fingerprint density at radius 2 is 1.83 bits per heavy atom. The highest BCUT2D eigenvalue weighted by Crippen LogP contribution is 2.44. The summed E-state index contributed by atoms with van der Waals surface area (Å²) < 4.78 is 25.0. The van der Waals surface area contributed by atoms with Gasteiger partial charge in [0.2, 0.25) is 0 Å². The Hall–Kier alpha value is -0.720. The fourth-order valence-electron chi connectivity index (χ4n) is 4.60. The van der Waals surface area contributed by atoms with Crippen LogP contribution in [0.15, 0.2) is 24.3 Å². The van der Waals surface area contributed by atoms with E-state index in [1.165, 1.54) is 6.07 Å². The van der Waals surface area contributed by atoms with Gasteiger partial charge in [-0.05, 0) is 36.6 Å². The van der Waals surface area contributed by atoms with Gasteiger partial charge in [-0.1, -0.05) is 12.1 Å². The Kier molecular flexibility index (Phi) is 5.78. The average molecular weight is 357 g/mol. The molecule has 0 aromatic heterocycles. The first-order valence-corrected chi connectivity index (χ1v) is 8.57. The van der Waals surface area contributed by atoms with Crippen molar-refractivity contribution in [3.8, 4) is 0 Å². The predicted octanol–water partition coefficient (Wildman–Crippen LogP) is 2.20. The zero-order valence-electron chi connectivity index (χ0n) is 14.1. The van der Waals surface area contributed by atoms with Crippen molar-refractivity contribution in [2.24, 2.45) is 11.8 Å². The van der Waals surface area contributed by atoms with Crippen molar-refractivity contribution in [1.82, 2.24) is 9.80 Å². The van der Waals surface area contributed by atoms with Crippen molar-refractivity contribution >= 4 is 12.4 Å². The minimum absolute atomic E-state index is 0. The van der Waals surface area contributed by atoms with E-state index in [-0.39, 0.29) is 18.2 Å². The molecule has 1 aromatic carbocycles. The van der Waals surface area contributed by atoms with Gasteiger partial charge >= 0.3 is 0 Å². The maximum Gasteiger partial charge on any atom is 0.123 e. The van der Waals surface area contributed by atoms with Crippen LogP contribution in [0.1, 0.15) is 11.6 Å². The fraction of sp³-hybridized carbons (Fsp3) is 0.667. The molecule has 3 atom stereocenters. The molecule has 3 aliphatic rings. The SMILES string of the molecule is CN1C[C@H]2CN(C3COCCOC3)C[C@H]2[C@@H]1c1cccc(F)c1.Cl. The van der Waals surface area contributed by atoms with E-state index in [1.807, 2.05) is 6.07 Å². The quantitative estimate of drug-likeness (QED) is 0.811. The summed E-state index contributed by atoms with van der Waals surface area (Å²) in [6.07, 6.45) is 0. The third-order valence-corrected chi connectivity index (χ3v) is 5.62. The number of nitrogens with zero attached hydrogens (tertiary/aromatic N) is 2. The van der Waals surface area contributed by atoms with Crippen molar-refractivity contribution in [1.29, 1.82) is 0 Å². The van der Waals surface area contributed by atoms with Crippen molar-refractivity contribution in [3.63, 3.8) is 0 Å². The first-order chi connectivity index (χ1) is 11.2. The maximum atomic E-state index is 13.6. The molecule has 0 N–H and O–H groups in total. The lowest BCUT2D eigenvalue weighted by Crippen LogP contribution is -2.41. The zero-order valence-corrected chi connectivity index (χ0v) is 14.9. The van der Waals surface area contributed by atoms with Gasteiger partial charge in [0, 0.05) is 25.7 Å². The number of likely N-dealkylation sites (tertiary alicyclic amines) is 2. The van der Waals surface area contributed by atoms with Crippen LogP contribution < -0.4 is 0 Å². The smallest absolute Gasteiger partial charge is 0.123 e. The summed E-state index contributed by atoms with van der Waals surface area (Å²) >= 11 is 0. The van der Waals surface area contributed by atoms with Crippen molar-refractivity contribution in [2.45, 2.75) is 12.1 Å². The molecule has 4 rings (SSSR count). The molecule has 0 radical (unpaired) electrons. The van der Waals surface area contributed by atoms with Gasteiger partial charge in [-0.2, -0.15) is 0 Å². The molecule has 0 bridgehead atoms. The summed E-state index contributed by atoms with van der Waals surface area (Å²) in [5.41, 5.74) is 1.11. The minimum atomic E-state index is -0.139. The summed E-state index contributed by atoms with van der Waals surface area (Å²) in [5, 5.41) is 0. The number of hydrogen-bond donors (Lipinski definition) is 0. The van der Waals surface area contributed by atoms with Gasteiger partial charge in [0.1, 0.15) is 5.82 Å². The monoisotopic (exact) mass is 356 g/mol. The standard InChI is InChI=1S/C18H25FN2O2.ClH/c1-20-8-14-9-21(16-11-22-5-6-23-12-16)10-17(14)18(20)13-3-2-4-15(19)7-13;/h2-4,7,14,16-18H,5-6,8-12H2,1H3;1H/t14-,17+,18-;/m0./s1. The third kappa shape index (κ3) is 3.46. The van der Waals surface area contributed by atoms with Crippen LogP contribution in [0.2, 0.25) is 0 Å². The molecular weight excluding hydrogens is 331 g/mol. The van der Waals surface area contributed by atoms with Crippen LogP contribution in [-0.2, 0) is 9.47 Å². The van der Waals surface area contributed by atoms with E-state index in [0.717, 1.165) is 38.4 Å². The van der Waals surface area contributed by atoms with E-state index in [1.54, 1.807) is 6.07 Å². The lowest BCUT2D eigenvalue weighted by atomic mass is 9.89. The largest absolute Gasteiger partial charge is 0.377 e. The summed E-state index contributed by atoms with van der Waals surface area (Å²) in [6.45, 7) is 6.15. The first kappa shape index (κ1) is 18.1. The van der Waals surface area contributed by atoms with E-state index in [9.17, 15) is 4.39 Å². The molecule has 134 valence electrons. The summed E-state index contributed by atoms with van der Waals surface area (Å²) in [5.74, 6) is 1.07. The molecule has 4 nitrogen and oxygen atoms in total. The highest BCUT2D eigenvalue weighted by molar-refractivity contribution is 5.85. The number of hydrogen-bond acceptors (Lipinski definition) is 4. The Balaban J connectivity index is 0.00000169. The molecule has 0 saturated carbocycles. The van der Waals surface area contributed by atoms with Gasteiger partial charge in [0.15, 0.2) is 0 Å². The van der Waals surface area contributed by atoms with Gasteiger partial charge in [0.05, 0.1) is 32.5 Å². The predicted molar refractivity (Wildman–Crippen MR) is 93.0 cm³/mol. The number of fused-ring (bicyclic) bond motifs is 1. The lowest BCUT2D eigenvalue weighted by molar-refractivity contribution is 0.0757. The highest BCUT2D eigenvalue weighted by atomic mass is 35.5. The Bertz CT molecular complexity index is 554. The van der Waals surface area contributed by atoms with Crippen LogP contribution in [0, 0.1) is 17.7 Å². The van der Waals surface area contributed by atoms with Gasteiger partial charge < -0.3 is 9.47 Å². The maximum absolute atomic E-state index is 13.6. The van der Waals surface area contributed by atoms with Crippen molar-refractivity contribution < 1.29 is 13.9 Å². The third-order valence-electron chi connectivity index (χ3n) is 5.62. The lowest BCUT2D eigenvalue weighted by Gasteiger charge is -2.30.